The third-order valence-corrected chi connectivity index (χ3v) is 9.41. The molecule has 0 aliphatic carbocycles. The minimum Gasteiger partial charge on any atom is -0.351 e. The molecule has 44 heavy (non-hydrogen) atoms. The number of carbonyl (C=O) groups is 1. The molecule has 220 valence electrons. The van der Waals surface area contributed by atoms with Crippen LogP contribution in [0.25, 0.3) is 5.69 Å². The lowest BCUT2D eigenvalue weighted by Crippen LogP contribution is -2.26. The number of thioether (sulfide) groups is 1. The number of benzene rings is 4. The Hall–Kier alpha value is -4.24. The number of nitrogens with one attached hydrogen (secondary N) is 1. The van der Waals surface area contributed by atoms with Crippen LogP contribution in [0.1, 0.15) is 50.3 Å². The van der Waals surface area contributed by atoms with Gasteiger partial charge in [0, 0.05) is 29.3 Å². The maximum absolute atomic E-state index is 13.0. The highest BCUT2D eigenvalue weighted by atomic mass is 35.5. The topological polar surface area (TPSA) is 72.7 Å². The third-order valence-electron chi connectivity index (χ3n) is 7.20. The van der Waals surface area contributed by atoms with Gasteiger partial charge in [-0.05, 0) is 41.3 Å². The Morgan fingerprint density at radius 2 is 1.55 bits per heavy atom. The summed E-state index contributed by atoms with van der Waals surface area (Å²) in [6.07, 6.45) is 1.43. The van der Waals surface area contributed by atoms with E-state index in [9.17, 15) is 4.79 Å². The van der Waals surface area contributed by atoms with Crippen molar-refractivity contribution >= 4 is 40.6 Å². The maximum Gasteiger partial charge on any atom is 0.270 e. The van der Waals surface area contributed by atoms with Crippen molar-refractivity contribution in [2.75, 3.05) is 6.54 Å². The molecule has 0 unspecified atom stereocenters. The highest BCUT2D eigenvalue weighted by Crippen LogP contribution is 2.29. The summed E-state index contributed by atoms with van der Waals surface area (Å²) in [5.74, 6) is 1.42. The van der Waals surface area contributed by atoms with E-state index in [1.54, 1.807) is 0 Å². The van der Waals surface area contributed by atoms with Gasteiger partial charge in [-0.2, -0.15) is 0 Å². The van der Waals surface area contributed by atoms with Crippen LogP contribution in [0.15, 0.2) is 126 Å². The Kier molecular flexibility index (Phi) is 9.82. The van der Waals surface area contributed by atoms with Gasteiger partial charge in [0.05, 0.1) is 11.4 Å². The number of carbonyl (C=O) groups excluding carboxylic acids is 1. The van der Waals surface area contributed by atoms with E-state index in [4.69, 9.17) is 11.6 Å². The van der Waals surface area contributed by atoms with Gasteiger partial charge < -0.3 is 5.32 Å². The normalized spacial score (nSPS) is 11.1. The third kappa shape index (κ3) is 7.45. The summed E-state index contributed by atoms with van der Waals surface area (Å²) in [6, 6.07) is 38.7. The van der Waals surface area contributed by atoms with Gasteiger partial charge in [0.15, 0.2) is 5.16 Å². The molecular formula is C35H30ClN5OS2. The van der Waals surface area contributed by atoms with Gasteiger partial charge >= 0.3 is 0 Å². The largest absolute Gasteiger partial charge is 0.351 e. The van der Waals surface area contributed by atoms with Crippen molar-refractivity contribution in [2.24, 2.45) is 0 Å². The second-order valence-corrected chi connectivity index (χ2v) is 12.5. The van der Waals surface area contributed by atoms with E-state index in [1.165, 1.54) is 34.2 Å². The van der Waals surface area contributed by atoms with Crippen molar-refractivity contribution in [1.82, 2.24) is 25.1 Å². The van der Waals surface area contributed by atoms with E-state index in [0.717, 1.165) is 33.7 Å². The average molecular weight is 636 g/mol. The summed E-state index contributed by atoms with van der Waals surface area (Å²) in [5, 5.41) is 16.2. The van der Waals surface area contributed by atoms with Crippen molar-refractivity contribution in [2.45, 2.75) is 29.7 Å². The minimum absolute atomic E-state index is 0.162. The molecule has 0 aliphatic rings. The molecule has 0 spiro atoms. The van der Waals surface area contributed by atoms with Crippen molar-refractivity contribution in [3.8, 4) is 5.69 Å². The van der Waals surface area contributed by atoms with Gasteiger partial charge in [0.25, 0.3) is 5.91 Å². The summed E-state index contributed by atoms with van der Waals surface area (Å²) in [4.78, 5) is 17.7. The monoisotopic (exact) mass is 635 g/mol. The van der Waals surface area contributed by atoms with Gasteiger partial charge in [-0.15, -0.1) is 21.5 Å². The lowest BCUT2D eigenvalue weighted by molar-refractivity contribution is 0.0948. The zero-order valence-electron chi connectivity index (χ0n) is 23.8. The SMILES string of the molecule is O=C(NCCC(c1ccccc1)c1ccccc1)c1csc(CSc2nnc(Cc3ccccc3)n2-c2cccc(Cl)c2)n1. The fourth-order valence-corrected chi connectivity index (χ4v) is 7.03. The number of thiazole rings is 1. The van der Waals surface area contributed by atoms with Crippen molar-refractivity contribution in [3.05, 3.63) is 159 Å². The van der Waals surface area contributed by atoms with E-state index < -0.39 is 0 Å². The van der Waals surface area contributed by atoms with Crippen molar-refractivity contribution in [3.63, 3.8) is 0 Å². The highest BCUT2D eigenvalue weighted by Gasteiger charge is 2.18. The van der Waals surface area contributed by atoms with E-state index in [0.29, 0.717) is 29.4 Å². The van der Waals surface area contributed by atoms with Crippen LogP contribution >= 0.6 is 34.7 Å². The summed E-state index contributed by atoms with van der Waals surface area (Å²) >= 11 is 9.35. The molecular weight excluding hydrogens is 606 g/mol. The van der Waals surface area contributed by atoms with Crippen LogP contribution in [0.4, 0.5) is 0 Å². The Bertz CT molecular complexity index is 1770. The minimum atomic E-state index is -0.162. The predicted molar refractivity (Wildman–Crippen MR) is 179 cm³/mol. The molecule has 0 atom stereocenters. The molecule has 0 saturated heterocycles. The molecule has 1 N–H and O–H groups in total. The van der Waals surface area contributed by atoms with Gasteiger partial charge in [0.1, 0.15) is 16.5 Å². The van der Waals surface area contributed by atoms with Crippen LogP contribution in [0.5, 0.6) is 0 Å². The molecule has 2 heterocycles. The number of halogens is 1. The fourth-order valence-electron chi connectivity index (χ4n) is 5.09. The zero-order valence-corrected chi connectivity index (χ0v) is 26.2. The number of aromatic nitrogens is 4. The average Bonchev–Trinajstić information content (AvgIpc) is 3.70. The number of amides is 1. The maximum atomic E-state index is 13.0. The first-order valence-corrected chi connectivity index (χ1v) is 16.6. The number of nitrogens with zero attached hydrogens (tertiary/aromatic N) is 4. The van der Waals surface area contributed by atoms with Crippen LogP contribution < -0.4 is 5.32 Å². The van der Waals surface area contributed by atoms with Crippen LogP contribution in [0, 0.1) is 0 Å². The van der Waals surface area contributed by atoms with Crippen molar-refractivity contribution in [1.29, 1.82) is 0 Å². The quantitative estimate of drug-likeness (QED) is 0.137. The smallest absolute Gasteiger partial charge is 0.270 e. The molecule has 0 fully saturated rings. The van der Waals surface area contributed by atoms with E-state index in [-0.39, 0.29) is 11.8 Å². The fraction of sp³-hybridized carbons (Fsp3) is 0.143. The molecule has 6 rings (SSSR count). The lowest BCUT2D eigenvalue weighted by Gasteiger charge is -2.18. The van der Waals surface area contributed by atoms with Crippen LogP contribution in [-0.2, 0) is 12.2 Å². The Morgan fingerprint density at radius 1 is 0.864 bits per heavy atom. The summed E-state index contributed by atoms with van der Waals surface area (Å²) in [5.41, 5.74) is 4.95. The van der Waals surface area contributed by atoms with Gasteiger partial charge in [-0.3, -0.25) is 9.36 Å². The highest BCUT2D eigenvalue weighted by molar-refractivity contribution is 7.98. The first-order chi connectivity index (χ1) is 21.6. The summed E-state index contributed by atoms with van der Waals surface area (Å²) in [6.45, 7) is 0.543. The predicted octanol–water partition coefficient (Wildman–Crippen LogP) is 8.21. The Labute approximate surface area is 270 Å². The number of hydrogen-bond donors (Lipinski definition) is 1. The lowest BCUT2D eigenvalue weighted by atomic mass is 9.88. The first-order valence-electron chi connectivity index (χ1n) is 14.3. The molecule has 0 aliphatic heterocycles. The molecule has 9 heteroatoms. The first kappa shape index (κ1) is 29.8. The Morgan fingerprint density at radius 3 is 2.23 bits per heavy atom. The molecule has 6 nitrogen and oxygen atoms in total. The molecule has 0 saturated carbocycles. The Balaban J connectivity index is 1.11. The van der Waals surface area contributed by atoms with E-state index in [1.807, 2.05) is 64.5 Å². The van der Waals surface area contributed by atoms with Gasteiger partial charge in [-0.25, -0.2) is 4.98 Å². The number of rotatable bonds is 12. The molecule has 0 radical (unpaired) electrons. The van der Waals surface area contributed by atoms with Crippen LogP contribution in [-0.4, -0.2) is 32.2 Å². The van der Waals surface area contributed by atoms with Gasteiger partial charge in [-0.1, -0.05) is 120 Å². The molecule has 4 aromatic carbocycles. The van der Waals surface area contributed by atoms with Crippen molar-refractivity contribution < 1.29 is 4.79 Å². The van der Waals surface area contributed by atoms with E-state index >= 15 is 0 Å². The second-order valence-electron chi connectivity index (χ2n) is 10.2. The second kappa shape index (κ2) is 14.5. The molecule has 2 aromatic heterocycles. The molecule has 6 aromatic rings. The van der Waals surface area contributed by atoms with Crippen LogP contribution in [0.3, 0.4) is 0 Å². The standard InChI is InChI=1S/C35H30ClN5OS2/c36-28-17-10-18-29(22-28)41-32(21-25-11-4-1-5-12-25)39-40-35(41)44-24-33-38-31(23-43-33)34(42)37-20-19-30(26-13-6-2-7-14-26)27-15-8-3-9-16-27/h1-18,22-23,30H,19-21,24H2,(H,37,42). The molecule has 1 amide bonds. The zero-order chi connectivity index (χ0) is 30.1. The van der Waals surface area contributed by atoms with E-state index in [2.05, 4.69) is 81.2 Å². The number of hydrogen-bond acceptors (Lipinski definition) is 6. The molecule has 0 bridgehead atoms. The van der Waals surface area contributed by atoms with Gasteiger partial charge in [0.2, 0.25) is 0 Å². The summed E-state index contributed by atoms with van der Waals surface area (Å²) in [7, 11) is 0. The van der Waals surface area contributed by atoms with Crippen LogP contribution in [0.2, 0.25) is 5.02 Å². The summed E-state index contributed by atoms with van der Waals surface area (Å²) < 4.78 is 2.04.